The molecule has 95 heavy (non-hydrogen) atoms. The number of phosphoric ester groups is 2. The highest BCUT2D eigenvalue weighted by Crippen LogP contribution is 2.45. The SMILES string of the molecule is CCCCCCCCCCCCC(=O)OC[C@H](COP(=O)(O)OC[C@H](O)COP(=O)(O)OC[C@@H](COC(=O)CCCCCCCCCCCCC(C)CC)OC(=O)CCCCCCCCCCCCCCCCCC(C)C)OC(=O)CCCCCCCCCCCCC(C)C. The zero-order chi connectivity index (χ0) is 70.1. The molecule has 3 N–H and O–H groups in total. The van der Waals surface area contributed by atoms with E-state index in [1.54, 1.807) is 0 Å². The van der Waals surface area contributed by atoms with Crippen molar-refractivity contribution in [3.8, 4) is 0 Å². The van der Waals surface area contributed by atoms with E-state index >= 15 is 0 Å². The Kier molecular flexibility index (Phi) is 65.2. The van der Waals surface area contributed by atoms with Crippen LogP contribution in [0.5, 0.6) is 0 Å². The summed E-state index contributed by atoms with van der Waals surface area (Å²) in [4.78, 5) is 72.8. The Morgan fingerprint density at radius 3 is 0.800 bits per heavy atom. The first-order chi connectivity index (χ1) is 45.8. The minimum absolute atomic E-state index is 0.106. The molecule has 0 rings (SSSR count). The van der Waals surface area contributed by atoms with Crippen molar-refractivity contribution in [3.05, 3.63) is 0 Å². The fourth-order valence-electron chi connectivity index (χ4n) is 11.6. The molecule has 0 spiro atoms. The Balaban J connectivity index is 5.25. The number of phosphoric acid groups is 2. The molecule has 0 fully saturated rings. The van der Waals surface area contributed by atoms with Gasteiger partial charge in [-0.3, -0.25) is 37.3 Å². The standard InChI is InChI=1S/C76H148O17P2/c1-8-10-11-12-13-14-29-36-43-50-57-73(78)86-63-71(93-76(81)60-53-46-39-32-24-22-27-34-41-48-55-68(5)6)65-90-94(82,83)88-61-70(77)62-89-95(84,85)91-66-72(64-87-74(79)58-51-44-37-30-25-23-28-35-42-49-56-69(7)9-2)92-75(80)59-52-45-38-31-21-19-17-15-16-18-20-26-33-40-47-54-67(3)4/h67-72,77H,8-66H2,1-7H3,(H,82,83)(H,84,85)/t69?,70-,71+,72+/m0/s1. The van der Waals surface area contributed by atoms with Gasteiger partial charge in [-0.2, -0.15) is 0 Å². The third-order valence-electron chi connectivity index (χ3n) is 18.0. The van der Waals surface area contributed by atoms with Gasteiger partial charge in [-0.1, -0.05) is 337 Å². The predicted molar refractivity (Wildman–Crippen MR) is 386 cm³/mol. The molecule has 0 aliphatic heterocycles. The third kappa shape index (κ3) is 69.0. The van der Waals surface area contributed by atoms with Gasteiger partial charge < -0.3 is 33.8 Å². The molecule has 0 amide bonds. The number of esters is 4. The summed E-state index contributed by atoms with van der Waals surface area (Å²) in [6.07, 6.45) is 52.6. The summed E-state index contributed by atoms with van der Waals surface area (Å²) in [6, 6.07) is 0. The smallest absolute Gasteiger partial charge is 0.462 e. The highest BCUT2D eigenvalue weighted by molar-refractivity contribution is 7.47. The van der Waals surface area contributed by atoms with E-state index in [0.29, 0.717) is 25.7 Å². The van der Waals surface area contributed by atoms with E-state index in [1.165, 1.54) is 199 Å². The van der Waals surface area contributed by atoms with Gasteiger partial charge in [0.25, 0.3) is 0 Å². The molecule has 3 unspecified atom stereocenters. The second kappa shape index (κ2) is 66.6. The van der Waals surface area contributed by atoms with Crippen molar-refractivity contribution < 1.29 is 80.2 Å². The fourth-order valence-corrected chi connectivity index (χ4v) is 13.1. The summed E-state index contributed by atoms with van der Waals surface area (Å²) < 4.78 is 68.5. The topological polar surface area (TPSA) is 237 Å². The molecular formula is C76H148O17P2. The van der Waals surface area contributed by atoms with Crippen LogP contribution in [0.4, 0.5) is 0 Å². The van der Waals surface area contributed by atoms with E-state index < -0.39 is 97.5 Å². The molecule has 0 aliphatic rings. The maximum atomic E-state index is 13.1. The highest BCUT2D eigenvalue weighted by atomic mass is 31.2. The third-order valence-corrected chi connectivity index (χ3v) is 19.9. The molecule has 6 atom stereocenters. The number of carbonyl (C=O) groups excluding carboxylic acids is 4. The zero-order valence-electron chi connectivity index (χ0n) is 62.1. The first-order valence-electron chi connectivity index (χ1n) is 39.4. The largest absolute Gasteiger partial charge is 0.472 e. The molecule has 17 nitrogen and oxygen atoms in total. The molecular weight excluding hydrogens is 1250 g/mol. The quantitative estimate of drug-likeness (QED) is 0.0222. The van der Waals surface area contributed by atoms with Crippen LogP contribution in [0.3, 0.4) is 0 Å². The second-order valence-corrected chi connectivity index (χ2v) is 31.5. The second-order valence-electron chi connectivity index (χ2n) is 28.6. The summed E-state index contributed by atoms with van der Waals surface area (Å²) in [5.41, 5.74) is 0. The van der Waals surface area contributed by atoms with Crippen LogP contribution in [-0.2, 0) is 65.4 Å². The van der Waals surface area contributed by atoms with Crippen molar-refractivity contribution in [2.45, 2.75) is 407 Å². The van der Waals surface area contributed by atoms with Gasteiger partial charge in [-0.15, -0.1) is 0 Å². The number of aliphatic hydroxyl groups is 1. The Bertz CT molecular complexity index is 1850. The molecule has 564 valence electrons. The summed E-state index contributed by atoms with van der Waals surface area (Å²) in [5.74, 6) is 0.247. The number of rotatable bonds is 74. The maximum Gasteiger partial charge on any atom is 0.472 e. The van der Waals surface area contributed by atoms with Crippen LogP contribution in [0.1, 0.15) is 389 Å². The molecule has 0 saturated carbocycles. The van der Waals surface area contributed by atoms with E-state index in [-0.39, 0.29) is 25.7 Å². The van der Waals surface area contributed by atoms with Crippen LogP contribution in [-0.4, -0.2) is 96.7 Å². The minimum Gasteiger partial charge on any atom is -0.462 e. The van der Waals surface area contributed by atoms with Crippen molar-refractivity contribution in [1.82, 2.24) is 0 Å². The summed E-state index contributed by atoms with van der Waals surface area (Å²) in [7, 11) is -9.91. The monoisotopic (exact) mass is 1400 g/mol. The number of carbonyl (C=O) groups is 4. The van der Waals surface area contributed by atoms with Crippen molar-refractivity contribution >= 4 is 39.5 Å². The molecule has 0 bridgehead atoms. The molecule has 0 aliphatic carbocycles. The summed E-state index contributed by atoms with van der Waals surface area (Å²) in [5, 5.41) is 10.6. The minimum atomic E-state index is -4.96. The van der Waals surface area contributed by atoms with Crippen LogP contribution >= 0.6 is 15.6 Å². The van der Waals surface area contributed by atoms with Gasteiger partial charge in [-0.05, 0) is 43.4 Å². The van der Waals surface area contributed by atoms with Crippen molar-refractivity contribution in [2.75, 3.05) is 39.6 Å². The highest BCUT2D eigenvalue weighted by Gasteiger charge is 2.30. The first-order valence-corrected chi connectivity index (χ1v) is 42.4. The lowest BCUT2D eigenvalue weighted by Gasteiger charge is -2.21. The molecule has 0 aromatic carbocycles. The van der Waals surface area contributed by atoms with Crippen LogP contribution in [0.15, 0.2) is 0 Å². The van der Waals surface area contributed by atoms with Crippen molar-refractivity contribution in [3.63, 3.8) is 0 Å². The lowest BCUT2D eigenvalue weighted by Crippen LogP contribution is -2.30. The van der Waals surface area contributed by atoms with Gasteiger partial charge in [0, 0.05) is 25.7 Å². The van der Waals surface area contributed by atoms with E-state index in [9.17, 15) is 43.2 Å². The van der Waals surface area contributed by atoms with E-state index in [4.69, 9.17) is 37.0 Å². The van der Waals surface area contributed by atoms with Gasteiger partial charge in [0.1, 0.15) is 19.3 Å². The lowest BCUT2D eigenvalue weighted by atomic mass is 9.99. The Labute approximate surface area is 581 Å². The van der Waals surface area contributed by atoms with Crippen molar-refractivity contribution in [1.29, 1.82) is 0 Å². The maximum absolute atomic E-state index is 13.1. The van der Waals surface area contributed by atoms with Gasteiger partial charge >= 0.3 is 39.5 Å². The number of unbranched alkanes of at least 4 members (excludes halogenated alkanes) is 41. The fraction of sp³-hybridized carbons (Fsp3) is 0.947. The average molecular weight is 1400 g/mol. The lowest BCUT2D eigenvalue weighted by molar-refractivity contribution is -0.161. The number of aliphatic hydroxyl groups excluding tert-OH is 1. The van der Waals surface area contributed by atoms with Gasteiger partial charge in [0.15, 0.2) is 12.2 Å². The zero-order valence-corrected chi connectivity index (χ0v) is 63.9. The van der Waals surface area contributed by atoms with Crippen LogP contribution in [0.2, 0.25) is 0 Å². The molecule has 0 aromatic heterocycles. The van der Waals surface area contributed by atoms with Crippen LogP contribution in [0, 0.1) is 17.8 Å². The molecule has 0 heterocycles. The van der Waals surface area contributed by atoms with Gasteiger partial charge in [-0.25, -0.2) is 9.13 Å². The van der Waals surface area contributed by atoms with Crippen LogP contribution < -0.4 is 0 Å². The van der Waals surface area contributed by atoms with Gasteiger partial charge in [0.2, 0.25) is 0 Å². The van der Waals surface area contributed by atoms with E-state index in [2.05, 4.69) is 48.5 Å². The summed E-state index contributed by atoms with van der Waals surface area (Å²) in [6.45, 7) is 11.9. The molecule has 0 saturated heterocycles. The Morgan fingerprint density at radius 2 is 0.537 bits per heavy atom. The summed E-state index contributed by atoms with van der Waals surface area (Å²) >= 11 is 0. The van der Waals surface area contributed by atoms with E-state index in [1.807, 2.05) is 0 Å². The van der Waals surface area contributed by atoms with Gasteiger partial charge in [0.05, 0.1) is 26.4 Å². The normalized spacial score (nSPS) is 14.4. The molecule has 19 heteroatoms. The van der Waals surface area contributed by atoms with Crippen LogP contribution in [0.25, 0.3) is 0 Å². The molecule has 0 aromatic rings. The van der Waals surface area contributed by atoms with E-state index in [0.717, 1.165) is 108 Å². The Morgan fingerprint density at radius 1 is 0.305 bits per heavy atom. The van der Waals surface area contributed by atoms with Crippen molar-refractivity contribution in [2.24, 2.45) is 17.8 Å². The Hall–Kier alpha value is -1.94. The number of hydrogen-bond donors (Lipinski definition) is 3. The molecule has 0 radical (unpaired) electrons. The average Bonchev–Trinajstić information content (AvgIpc) is 1.61. The predicted octanol–water partition coefficient (Wildman–Crippen LogP) is 22.2. The number of ether oxygens (including phenoxy) is 4. The first kappa shape index (κ1) is 93.1. The number of hydrogen-bond acceptors (Lipinski definition) is 15.